The average molecular weight is 382 g/mol. The van der Waals surface area contributed by atoms with E-state index in [1.54, 1.807) is 7.11 Å². The van der Waals surface area contributed by atoms with Gasteiger partial charge in [-0.05, 0) is 36.2 Å². The van der Waals surface area contributed by atoms with Gasteiger partial charge in [-0.25, -0.2) is 0 Å². The van der Waals surface area contributed by atoms with Crippen molar-refractivity contribution in [3.05, 3.63) is 94.0 Å². The Labute approximate surface area is 165 Å². The minimum absolute atomic E-state index is 0.404. The van der Waals surface area contributed by atoms with E-state index in [-0.39, 0.29) is 0 Å². The Kier molecular flexibility index (Phi) is 6.74. The van der Waals surface area contributed by atoms with Gasteiger partial charge in [0.05, 0.1) is 7.11 Å². The Bertz CT molecular complexity index is 878. The van der Waals surface area contributed by atoms with Gasteiger partial charge in [0.2, 0.25) is 0 Å². The van der Waals surface area contributed by atoms with E-state index in [4.69, 9.17) is 21.1 Å². The van der Waals surface area contributed by atoms with Crippen LogP contribution in [0, 0.1) is 6.92 Å². The van der Waals surface area contributed by atoms with Crippen LogP contribution in [0.3, 0.4) is 0 Å². The maximum atomic E-state index is 6.19. The zero-order valence-corrected chi connectivity index (χ0v) is 16.4. The molecule has 0 atom stereocenters. The Balaban J connectivity index is 1.58. The van der Waals surface area contributed by atoms with Crippen LogP contribution in [-0.4, -0.2) is 7.11 Å². The molecule has 4 heteroatoms. The molecule has 0 spiro atoms. The Morgan fingerprint density at radius 3 is 2.30 bits per heavy atom. The van der Waals surface area contributed by atoms with Crippen LogP contribution >= 0.6 is 11.6 Å². The first-order chi connectivity index (χ1) is 13.2. The lowest BCUT2D eigenvalue weighted by Crippen LogP contribution is -2.12. The molecule has 0 saturated heterocycles. The van der Waals surface area contributed by atoms with Crippen LogP contribution < -0.4 is 14.8 Å². The zero-order valence-electron chi connectivity index (χ0n) is 15.7. The van der Waals surface area contributed by atoms with Crippen molar-refractivity contribution in [1.82, 2.24) is 5.32 Å². The fourth-order valence-electron chi connectivity index (χ4n) is 2.77. The fraction of sp³-hybridized carbons (Fsp3) is 0.217. The molecule has 0 bridgehead atoms. The van der Waals surface area contributed by atoms with Crippen LogP contribution in [0.5, 0.6) is 11.5 Å². The monoisotopic (exact) mass is 381 g/mol. The van der Waals surface area contributed by atoms with Gasteiger partial charge in [-0.3, -0.25) is 0 Å². The molecule has 0 heterocycles. The number of hydrogen-bond donors (Lipinski definition) is 1. The smallest absolute Gasteiger partial charge is 0.161 e. The minimum Gasteiger partial charge on any atom is -0.493 e. The second-order valence-electron chi connectivity index (χ2n) is 6.45. The lowest BCUT2D eigenvalue weighted by Gasteiger charge is -2.13. The molecule has 1 N–H and O–H groups in total. The number of halogens is 1. The summed E-state index contributed by atoms with van der Waals surface area (Å²) in [6.45, 7) is 4.09. The normalized spacial score (nSPS) is 10.6. The quantitative estimate of drug-likeness (QED) is 0.556. The van der Waals surface area contributed by atoms with Crippen molar-refractivity contribution in [1.29, 1.82) is 0 Å². The number of ether oxygens (including phenoxy) is 2. The molecule has 0 radical (unpaired) electrons. The van der Waals surface area contributed by atoms with Gasteiger partial charge >= 0.3 is 0 Å². The molecule has 3 aromatic carbocycles. The number of hydrogen-bond acceptors (Lipinski definition) is 3. The first-order valence-corrected chi connectivity index (χ1v) is 9.33. The van der Waals surface area contributed by atoms with E-state index < -0.39 is 0 Å². The van der Waals surface area contributed by atoms with E-state index in [1.165, 1.54) is 11.1 Å². The number of methoxy groups -OCH3 is 1. The molecule has 0 saturated carbocycles. The summed E-state index contributed by atoms with van der Waals surface area (Å²) < 4.78 is 11.4. The molecule has 0 aliphatic heterocycles. The van der Waals surface area contributed by atoms with E-state index in [9.17, 15) is 0 Å². The number of benzene rings is 3. The maximum Gasteiger partial charge on any atom is 0.161 e. The van der Waals surface area contributed by atoms with Gasteiger partial charge in [0.1, 0.15) is 6.61 Å². The van der Waals surface area contributed by atoms with E-state index in [2.05, 4.69) is 36.5 Å². The molecule has 3 nitrogen and oxygen atoms in total. The Morgan fingerprint density at radius 1 is 0.852 bits per heavy atom. The second kappa shape index (κ2) is 9.45. The highest BCUT2D eigenvalue weighted by Gasteiger charge is 2.07. The van der Waals surface area contributed by atoms with E-state index in [0.717, 1.165) is 30.0 Å². The lowest BCUT2D eigenvalue weighted by atomic mass is 10.1. The molecular formula is C23H24ClNO2. The molecule has 27 heavy (non-hydrogen) atoms. The van der Waals surface area contributed by atoms with Gasteiger partial charge < -0.3 is 14.8 Å². The molecule has 0 aromatic heterocycles. The predicted octanol–water partition coefficient (Wildman–Crippen LogP) is 5.53. The van der Waals surface area contributed by atoms with E-state index in [0.29, 0.717) is 17.4 Å². The van der Waals surface area contributed by atoms with Crippen LogP contribution in [-0.2, 0) is 19.7 Å². The third-order valence-electron chi connectivity index (χ3n) is 4.35. The highest BCUT2D eigenvalue weighted by Crippen LogP contribution is 2.29. The van der Waals surface area contributed by atoms with Crippen molar-refractivity contribution < 1.29 is 9.47 Å². The van der Waals surface area contributed by atoms with Crippen LogP contribution in [0.2, 0.25) is 5.02 Å². The number of nitrogens with one attached hydrogen (secondary N) is 1. The van der Waals surface area contributed by atoms with Crippen molar-refractivity contribution >= 4 is 11.6 Å². The van der Waals surface area contributed by atoms with Crippen LogP contribution in [0.25, 0.3) is 0 Å². The third kappa shape index (κ3) is 5.49. The summed E-state index contributed by atoms with van der Waals surface area (Å²) in [5, 5.41) is 4.16. The van der Waals surface area contributed by atoms with Crippen molar-refractivity contribution in [3.63, 3.8) is 0 Å². The molecule has 3 aromatic rings. The zero-order chi connectivity index (χ0) is 19.1. The fourth-order valence-corrected chi connectivity index (χ4v) is 2.96. The summed E-state index contributed by atoms with van der Waals surface area (Å²) in [6.07, 6.45) is 0. The SMILES string of the molecule is COc1cc(CNCc2ccc(C)cc2)ccc1OCc1ccccc1Cl. The second-order valence-corrected chi connectivity index (χ2v) is 6.86. The summed E-state index contributed by atoms with van der Waals surface area (Å²) >= 11 is 6.19. The minimum atomic E-state index is 0.404. The predicted molar refractivity (Wildman–Crippen MR) is 111 cm³/mol. The topological polar surface area (TPSA) is 30.5 Å². The van der Waals surface area contributed by atoms with Gasteiger partial charge in [-0.2, -0.15) is 0 Å². The van der Waals surface area contributed by atoms with Crippen molar-refractivity contribution in [3.8, 4) is 11.5 Å². The van der Waals surface area contributed by atoms with E-state index >= 15 is 0 Å². The molecular weight excluding hydrogens is 358 g/mol. The Hall–Kier alpha value is -2.49. The summed E-state index contributed by atoms with van der Waals surface area (Å²) in [7, 11) is 1.65. The Morgan fingerprint density at radius 2 is 1.56 bits per heavy atom. The summed E-state index contributed by atoms with van der Waals surface area (Å²) in [4.78, 5) is 0. The molecule has 0 fully saturated rings. The van der Waals surface area contributed by atoms with Crippen molar-refractivity contribution in [2.75, 3.05) is 7.11 Å². The highest BCUT2D eigenvalue weighted by molar-refractivity contribution is 6.31. The van der Waals surface area contributed by atoms with Crippen LogP contribution in [0.4, 0.5) is 0 Å². The standard InChI is InChI=1S/C23H24ClNO2/c1-17-7-9-18(10-8-17)14-25-15-19-11-12-22(23(13-19)26-2)27-16-20-5-3-4-6-21(20)24/h3-13,25H,14-16H2,1-2H3. The van der Waals surface area contributed by atoms with Gasteiger partial charge in [0.15, 0.2) is 11.5 Å². The van der Waals surface area contributed by atoms with Gasteiger partial charge in [-0.1, -0.05) is 65.7 Å². The molecule has 0 aliphatic rings. The molecule has 140 valence electrons. The maximum absolute atomic E-state index is 6.19. The van der Waals surface area contributed by atoms with Crippen LogP contribution in [0.1, 0.15) is 22.3 Å². The highest BCUT2D eigenvalue weighted by atomic mass is 35.5. The van der Waals surface area contributed by atoms with Crippen molar-refractivity contribution in [2.24, 2.45) is 0 Å². The first kappa shape index (κ1) is 19.3. The van der Waals surface area contributed by atoms with Crippen molar-refractivity contribution in [2.45, 2.75) is 26.6 Å². The largest absolute Gasteiger partial charge is 0.493 e. The number of rotatable bonds is 8. The average Bonchev–Trinajstić information content (AvgIpc) is 2.69. The van der Waals surface area contributed by atoms with E-state index in [1.807, 2.05) is 42.5 Å². The molecule has 0 unspecified atom stereocenters. The van der Waals surface area contributed by atoms with Crippen LogP contribution in [0.15, 0.2) is 66.7 Å². The molecule has 0 amide bonds. The first-order valence-electron chi connectivity index (χ1n) is 8.95. The molecule has 3 rings (SSSR count). The van der Waals surface area contributed by atoms with Gasteiger partial charge in [0.25, 0.3) is 0 Å². The summed E-state index contributed by atoms with van der Waals surface area (Å²) in [6, 6.07) is 22.2. The third-order valence-corrected chi connectivity index (χ3v) is 4.72. The lowest BCUT2D eigenvalue weighted by molar-refractivity contribution is 0.284. The summed E-state index contributed by atoms with van der Waals surface area (Å²) in [5.74, 6) is 1.43. The molecule has 0 aliphatic carbocycles. The number of aryl methyl sites for hydroxylation is 1. The van der Waals surface area contributed by atoms with Gasteiger partial charge in [0, 0.05) is 23.7 Å². The summed E-state index contributed by atoms with van der Waals surface area (Å²) in [5.41, 5.74) is 4.64. The van der Waals surface area contributed by atoms with Gasteiger partial charge in [-0.15, -0.1) is 0 Å².